The van der Waals surface area contributed by atoms with Crippen LogP contribution in [0, 0.1) is 11.6 Å². The van der Waals surface area contributed by atoms with Crippen LogP contribution in [0.4, 0.5) is 8.78 Å². The minimum Gasteiger partial charge on any atom is -0.502 e. The highest BCUT2D eigenvalue weighted by Gasteiger charge is 2.48. The van der Waals surface area contributed by atoms with Gasteiger partial charge < -0.3 is 14.7 Å². The van der Waals surface area contributed by atoms with Crippen LogP contribution in [0.5, 0.6) is 5.75 Å². The number of aromatic nitrogens is 2. The standard InChI is InChI=1S/C24H19F2N3O4S/c25-15-6-5-12-14(20(15)26)11-34-18-4-2-1-3-13(18)19(12)21-16-10-33-8-7-28(16)24(32)22-23(31)17(30)9-27-29(21)22/h1-6,9,16,19,21,31H,7-8,10-11H2. The molecule has 0 radical (unpaired) electrons. The van der Waals surface area contributed by atoms with E-state index in [1.807, 2.05) is 24.3 Å². The average molecular weight is 483 g/mol. The van der Waals surface area contributed by atoms with Crippen molar-refractivity contribution in [2.75, 3.05) is 19.8 Å². The van der Waals surface area contributed by atoms with Gasteiger partial charge in [0.1, 0.15) is 0 Å². The molecule has 174 valence electrons. The molecule has 1 amide bonds. The average Bonchev–Trinajstić information content (AvgIpc) is 3.01. The Balaban J connectivity index is 1.67. The van der Waals surface area contributed by atoms with Gasteiger partial charge in [0.2, 0.25) is 5.43 Å². The van der Waals surface area contributed by atoms with Crippen molar-refractivity contribution in [1.29, 1.82) is 0 Å². The maximum absolute atomic E-state index is 15.1. The molecule has 6 rings (SSSR count). The zero-order valence-corrected chi connectivity index (χ0v) is 18.6. The smallest absolute Gasteiger partial charge is 0.276 e. The summed E-state index contributed by atoms with van der Waals surface area (Å²) in [6, 6.07) is 9.16. The van der Waals surface area contributed by atoms with E-state index in [-0.39, 0.29) is 30.2 Å². The zero-order chi connectivity index (χ0) is 23.6. The fourth-order valence-corrected chi connectivity index (χ4v) is 6.43. The molecule has 0 spiro atoms. The molecule has 3 unspecified atom stereocenters. The summed E-state index contributed by atoms with van der Waals surface area (Å²) < 4.78 is 36.4. The summed E-state index contributed by atoms with van der Waals surface area (Å²) in [4.78, 5) is 28.0. The first-order chi connectivity index (χ1) is 16.5. The van der Waals surface area contributed by atoms with Crippen LogP contribution in [-0.2, 0) is 10.5 Å². The fraction of sp³-hybridized carbons (Fsp3) is 0.292. The van der Waals surface area contributed by atoms with E-state index < -0.39 is 46.7 Å². The summed E-state index contributed by atoms with van der Waals surface area (Å²) >= 11 is 1.41. The van der Waals surface area contributed by atoms with Gasteiger partial charge in [-0.3, -0.25) is 9.59 Å². The summed E-state index contributed by atoms with van der Waals surface area (Å²) in [5.41, 5.74) is 0.739. The number of hydrogen-bond donors (Lipinski definition) is 1. The summed E-state index contributed by atoms with van der Waals surface area (Å²) in [6.45, 7) is 0.791. The van der Waals surface area contributed by atoms with Gasteiger partial charge in [-0.15, -0.1) is 11.8 Å². The van der Waals surface area contributed by atoms with Gasteiger partial charge >= 0.3 is 0 Å². The molecule has 34 heavy (non-hydrogen) atoms. The number of carbonyl (C=O) groups is 1. The molecule has 3 aliphatic rings. The number of aromatic hydroxyl groups is 1. The third-order valence-electron chi connectivity index (χ3n) is 6.83. The topological polar surface area (TPSA) is 84.7 Å². The Morgan fingerprint density at radius 1 is 1.12 bits per heavy atom. The van der Waals surface area contributed by atoms with Crippen LogP contribution in [0.15, 0.2) is 52.3 Å². The molecule has 10 heteroatoms. The van der Waals surface area contributed by atoms with Crippen molar-refractivity contribution in [3.63, 3.8) is 0 Å². The van der Waals surface area contributed by atoms with Crippen molar-refractivity contribution >= 4 is 17.7 Å². The van der Waals surface area contributed by atoms with E-state index in [1.54, 1.807) is 11.0 Å². The van der Waals surface area contributed by atoms with Gasteiger partial charge in [0.05, 0.1) is 31.5 Å². The van der Waals surface area contributed by atoms with Crippen LogP contribution < -0.4 is 5.43 Å². The predicted molar refractivity (Wildman–Crippen MR) is 119 cm³/mol. The third kappa shape index (κ3) is 3.01. The van der Waals surface area contributed by atoms with Crippen LogP contribution in [0.1, 0.15) is 39.1 Å². The summed E-state index contributed by atoms with van der Waals surface area (Å²) in [6.07, 6.45) is 0.974. The predicted octanol–water partition coefficient (Wildman–Crippen LogP) is 3.06. The molecule has 1 aromatic heterocycles. The number of amides is 1. The van der Waals surface area contributed by atoms with Gasteiger partial charge in [0, 0.05) is 28.7 Å². The normalized spacial score (nSPS) is 23.4. The molecular formula is C24H19F2N3O4S. The van der Waals surface area contributed by atoms with E-state index in [4.69, 9.17) is 4.74 Å². The van der Waals surface area contributed by atoms with E-state index in [2.05, 4.69) is 5.10 Å². The van der Waals surface area contributed by atoms with Gasteiger partial charge in [-0.2, -0.15) is 5.10 Å². The number of rotatable bonds is 1. The SMILES string of the molecule is O=C1c2c(O)c(=O)cnn2C(C2c3ccccc3SCc3c2ccc(F)c3F)C2COCCN12. The number of nitrogens with zero attached hydrogens (tertiary/aromatic N) is 3. The lowest BCUT2D eigenvalue weighted by Gasteiger charge is -2.47. The number of hydrogen-bond acceptors (Lipinski definition) is 6. The number of carbonyl (C=O) groups excluding carboxylic acids is 1. The van der Waals surface area contributed by atoms with Gasteiger partial charge in [0.15, 0.2) is 23.1 Å². The van der Waals surface area contributed by atoms with E-state index >= 15 is 4.39 Å². The van der Waals surface area contributed by atoms with E-state index in [0.29, 0.717) is 12.2 Å². The van der Waals surface area contributed by atoms with Crippen LogP contribution in [0.25, 0.3) is 0 Å². The van der Waals surface area contributed by atoms with Gasteiger partial charge in [0.25, 0.3) is 5.91 Å². The second-order valence-electron chi connectivity index (χ2n) is 8.52. The van der Waals surface area contributed by atoms with E-state index in [1.165, 1.54) is 16.4 Å². The van der Waals surface area contributed by atoms with Crippen LogP contribution >= 0.6 is 11.8 Å². The van der Waals surface area contributed by atoms with E-state index in [9.17, 15) is 19.1 Å². The number of fused-ring (bicyclic) bond motifs is 4. The minimum atomic E-state index is -0.926. The molecular weight excluding hydrogens is 464 g/mol. The lowest BCUT2D eigenvalue weighted by Crippen LogP contribution is -2.58. The van der Waals surface area contributed by atoms with Crippen molar-refractivity contribution in [2.45, 2.75) is 28.6 Å². The molecule has 1 saturated heterocycles. The molecule has 1 N–H and O–H groups in total. The second-order valence-corrected chi connectivity index (χ2v) is 9.53. The summed E-state index contributed by atoms with van der Waals surface area (Å²) in [5.74, 6) is -3.32. The number of halogens is 2. The lowest BCUT2D eigenvalue weighted by atomic mass is 9.78. The van der Waals surface area contributed by atoms with Crippen molar-refractivity contribution in [1.82, 2.24) is 14.7 Å². The number of thioether (sulfide) groups is 1. The van der Waals surface area contributed by atoms with Gasteiger partial charge in [-0.1, -0.05) is 24.3 Å². The van der Waals surface area contributed by atoms with Gasteiger partial charge in [-0.05, 0) is 23.3 Å². The Bertz CT molecular complexity index is 1400. The molecule has 4 heterocycles. The third-order valence-corrected chi connectivity index (χ3v) is 7.94. The van der Waals surface area contributed by atoms with Crippen LogP contribution in [0.3, 0.4) is 0 Å². The lowest BCUT2D eigenvalue weighted by molar-refractivity contribution is -0.0323. The highest BCUT2D eigenvalue weighted by molar-refractivity contribution is 7.98. The monoisotopic (exact) mass is 483 g/mol. The molecule has 1 fully saturated rings. The van der Waals surface area contributed by atoms with Crippen LogP contribution in [-0.4, -0.2) is 51.5 Å². The van der Waals surface area contributed by atoms with E-state index in [0.717, 1.165) is 22.7 Å². The molecule has 7 nitrogen and oxygen atoms in total. The number of morpholine rings is 1. The second kappa shape index (κ2) is 7.92. The minimum absolute atomic E-state index is 0.200. The molecule has 3 atom stereocenters. The first-order valence-electron chi connectivity index (χ1n) is 10.9. The number of benzene rings is 2. The molecule has 3 aliphatic heterocycles. The Morgan fingerprint density at radius 3 is 2.79 bits per heavy atom. The summed E-state index contributed by atoms with van der Waals surface area (Å²) in [5, 5.41) is 14.8. The Labute approximate surface area is 197 Å². The van der Waals surface area contributed by atoms with Crippen molar-refractivity contribution < 1.29 is 23.4 Å². The first kappa shape index (κ1) is 21.3. The first-order valence-corrected chi connectivity index (χ1v) is 11.8. The largest absolute Gasteiger partial charge is 0.502 e. The maximum atomic E-state index is 15.1. The molecule has 3 aromatic rings. The molecule has 0 aliphatic carbocycles. The Morgan fingerprint density at radius 2 is 1.94 bits per heavy atom. The highest BCUT2D eigenvalue weighted by Crippen LogP contribution is 2.49. The zero-order valence-electron chi connectivity index (χ0n) is 17.8. The maximum Gasteiger partial charge on any atom is 0.276 e. The quantitative estimate of drug-likeness (QED) is 0.573. The van der Waals surface area contributed by atoms with Crippen molar-refractivity contribution in [3.8, 4) is 5.75 Å². The number of ether oxygens (including phenoxy) is 1. The highest BCUT2D eigenvalue weighted by atomic mass is 32.2. The molecule has 2 aromatic carbocycles. The van der Waals surface area contributed by atoms with Crippen molar-refractivity contribution in [2.24, 2.45) is 0 Å². The fourth-order valence-electron chi connectivity index (χ4n) is 5.30. The Kier molecular flexibility index (Phi) is 4.96. The molecule has 0 saturated carbocycles. The Hall–Kier alpha value is -3.24. The van der Waals surface area contributed by atoms with Crippen molar-refractivity contribution in [3.05, 3.63) is 86.8 Å². The molecule has 0 bridgehead atoms. The summed E-state index contributed by atoms with van der Waals surface area (Å²) in [7, 11) is 0. The van der Waals surface area contributed by atoms with Gasteiger partial charge in [-0.25, -0.2) is 13.5 Å². The van der Waals surface area contributed by atoms with Crippen LogP contribution in [0.2, 0.25) is 0 Å².